The fraction of sp³-hybridized carbons (Fsp3) is 0.333. The monoisotopic (exact) mass is 333 g/mol. The van der Waals surface area contributed by atoms with E-state index in [-0.39, 0.29) is 15.6 Å². The summed E-state index contributed by atoms with van der Waals surface area (Å²) in [5.41, 5.74) is 5.91. The van der Waals surface area contributed by atoms with Gasteiger partial charge in [0.25, 0.3) is 0 Å². The molecule has 122 valence electrons. The molecular weight excluding hydrogens is 314 g/mol. The Morgan fingerprint density at radius 3 is 2.35 bits per heavy atom. The molecule has 0 atom stereocenters. The van der Waals surface area contributed by atoms with E-state index in [1.165, 1.54) is 18.3 Å². The van der Waals surface area contributed by atoms with E-state index in [4.69, 9.17) is 5.73 Å². The highest BCUT2D eigenvalue weighted by Gasteiger charge is 2.24. The number of piperazine rings is 1. The standard InChI is InChI=1S/C15H19N5O2S/c1-19-7-9-20(10-8-19)15-17-11-13(14(16)18-15)23(21,22)12-5-3-2-4-6-12/h2-6,11H,7-10H2,1H3,(H2,16,17,18). The average Bonchev–Trinajstić information content (AvgIpc) is 2.56. The summed E-state index contributed by atoms with van der Waals surface area (Å²) in [7, 11) is -1.65. The molecule has 0 aliphatic carbocycles. The minimum absolute atomic E-state index is 0.0159. The number of anilines is 2. The van der Waals surface area contributed by atoms with Crippen LogP contribution in [-0.4, -0.2) is 56.5 Å². The van der Waals surface area contributed by atoms with Gasteiger partial charge in [-0.1, -0.05) is 18.2 Å². The van der Waals surface area contributed by atoms with Crippen LogP contribution >= 0.6 is 0 Å². The van der Waals surface area contributed by atoms with Gasteiger partial charge in [-0.05, 0) is 19.2 Å². The number of nitrogens with two attached hydrogens (primary N) is 1. The molecule has 8 heteroatoms. The first kappa shape index (κ1) is 15.7. The highest BCUT2D eigenvalue weighted by Crippen LogP contribution is 2.25. The van der Waals surface area contributed by atoms with Gasteiger partial charge in [-0.2, -0.15) is 4.98 Å². The van der Waals surface area contributed by atoms with Crippen LogP contribution in [0.5, 0.6) is 0 Å². The fourth-order valence-electron chi connectivity index (χ4n) is 2.47. The van der Waals surface area contributed by atoms with Crippen LogP contribution in [0.15, 0.2) is 46.3 Å². The summed E-state index contributed by atoms with van der Waals surface area (Å²) in [6.45, 7) is 3.40. The van der Waals surface area contributed by atoms with Crippen molar-refractivity contribution in [2.45, 2.75) is 9.79 Å². The number of rotatable bonds is 3. The minimum atomic E-state index is -3.70. The first-order chi connectivity index (χ1) is 11.0. The molecule has 1 aliphatic rings. The van der Waals surface area contributed by atoms with Gasteiger partial charge in [0.05, 0.1) is 11.1 Å². The van der Waals surface area contributed by atoms with Crippen LogP contribution < -0.4 is 10.6 Å². The van der Waals surface area contributed by atoms with Crippen LogP contribution in [-0.2, 0) is 9.84 Å². The second-order valence-electron chi connectivity index (χ2n) is 5.53. The summed E-state index contributed by atoms with van der Waals surface area (Å²) in [6.07, 6.45) is 1.30. The molecule has 2 N–H and O–H groups in total. The molecule has 0 saturated carbocycles. The number of nitrogen functional groups attached to an aromatic ring is 1. The van der Waals surface area contributed by atoms with Crippen molar-refractivity contribution in [3.8, 4) is 0 Å². The molecule has 1 fully saturated rings. The van der Waals surface area contributed by atoms with E-state index in [1.807, 2.05) is 4.90 Å². The second-order valence-corrected chi connectivity index (χ2v) is 7.44. The van der Waals surface area contributed by atoms with Crippen LogP contribution in [0.25, 0.3) is 0 Å². The first-order valence-corrected chi connectivity index (χ1v) is 8.83. The molecule has 7 nitrogen and oxygen atoms in total. The van der Waals surface area contributed by atoms with E-state index in [1.54, 1.807) is 18.2 Å². The van der Waals surface area contributed by atoms with Crippen molar-refractivity contribution in [3.63, 3.8) is 0 Å². The fourth-order valence-corrected chi connectivity index (χ4v) is 3.75. The number of sulfone groups is 1. The number of nitrogens with zero attached hydrogens (tertiary/aromatic N) is 4. The number of hydrogen-bond acceptors (Lipinski definition) is 7. The quantitative estimate of drug-likeness (QED) is 0.881. The van der Waals surface area contributed by atoms with Gasteiger partial charge >= 0.3 is 0 Å². The summed E-state index contributed by atoms with van der Waals surface area (Å²) < 4.78 is 25.2. The van der Waals surface area contributed by atoms with Crippen molar-refractivity contribution >= 4 is 21.6 Å². The van der Waals surface area contributed by atoms with Crippen molar-refractivity contribution in [3.05, 3.63) is 36.5 Å². The topological polar surface area (TPSA) is 92.4 Å². The zero-order valence-corrected chi connectivity index (χ0v) is 13.7. The predicted molar refractivity (Wildman–Crippen MR) is 88.0 cm³/mol. The lowest BCUT2D eigenvalue weighted by Gasteiger charge is -2.32. The lowest BCUT2D eigenvalue weighted by molar-refractivity contribution is 0.311. The highest BCUT2D eigenvalue weighted by atomic mass is 32.2. The van der Waals surface area contributed by atoms with Crippen LogP contribution in [0.1, 0.15) is 0 Å². The van der Waals surface area contributed by atoms with Crippen molar-refractivity contribution in [2.24, 2.45) is 0 Å². The Labute approximate surface area is 135 Å². The largest absolute Gasteiger partial charge is 0.382 e. The van der Waals surface area contributed by atoms with Crippen molar-refractivity contribution < 1.29 is 8.42 Å². The molecule has 0 spiro atoms. The maximum Gasteiger partial charge on any atom is 0.227 e. The highest BCUT2D eigenvalue weighted by molar-refractivity contribution is 7.91. The van der Waals surface area contributed by atoms with Gasteiger partial charge in [0.1, 0.15) is 10.7 Å². The van der Waals surface area contributed by atoms with Gasteiger partial charge in [0.2, 0.25) is 15.8 Å². The molecule has 1 aliphatic heterocycles. The van der Waals surface area contributed by atoms with E-state index in [0.717, 1.165) is 26.2 Å². The Balaban J connectivity index is 1.91. The van der Waals surface area contributed by atoms with E-state index >= 15 is 0 Å². The zero-order valence-electron chi connectivity index (χ0n) is 12.9. The first-order valence-electron chi connectivity index (χ1n) is 7.34. The van der Waals surface area contributed by atoms with Crippen LogP contribution in [0.3, 0.4) is 0 Å². The summed E-state index contributed by atoms with van der Waals surface area (Å²) in [5, 5.41) is 0. The van der Waals surface area contributed by atoms with E-state index in [0.29, 0.717) is 5.95 Å². The van der Waals surface area contributed by atoms with Crippen molar-refractivity contribution in [2.75, 3.05) is 43.9 Å². The molecule has 1 saturated heterocycles. The molecule has 0 amide bonds. The minimum Gasteiger partial charge on any atom is -0.382 e. The summed E-state index contributed by atoms with van der Waals surface area (Å²) >= 11 is 0. The Morgan fingerprint density at radius 1 is 1.09 bits per heavy atom. The molecule has 0 radical (unpaired) electrons. The van der Waals surface area contributed by atoms with E-state index in [2.05, 4.69) is 21.9 Å². The molecule has 23 heavy (non-hydrogen) atoms. The molecule has 2 heterocycles. The van der Waals surface area contributed by atoms with Gasteiger partial charge in [0.15, 0.2) is 0 Å². The number of aromatic nitrogens is 2. The maximum absolute atomic E-state index is 12.6. The van der Waals surface area contributed by atoms with Crippen LogP contribution in [0.4, 0.5) is 11.8 Å². The lowest BCUT2D eigenvalue weighted by Crippen LogP contribution is -2.45. The summed E-state index contributed by atoms with van der Waals surface area (Å²) in [5.74, 6) is 0.459. The third kappa shape index (κ3) is 3.13. The molecule has 0 bridgehead atoms. The van der Waals surface area contributed by atoms with Gasteiger partial charge in [-0.15, -0.1) is 0 Å². The number of likely N-dealkylation sites (N-methyl/N-ethyl adjacent to an activating group) is 1. The third-order valence-corrected chi connectivity index (χ3v) is 5.69. The second kappa shape index (κ2) is 6.13. The van der Waals surface area contributed by atoms with Crippen LogP contribution in [0.2, 0.25) is 0 Å². The molecule has 2 aromatic rings. The summed E-state index contributed by atoms with van der Waals surface area (Å²) in [6, 6.07) is 8.16. The van der Waals surface area contributed by atoms with Crippen molar-refractivity contribution in [1.29, 1.82) is 0 Å². The number of benzene rings is 1. The normalized spacial score (nSPS) is 16.5. The zero-order chi connectivity index (χ0) is 16.4. The molecular formula is C15H19N5O2S. The van der Waals surface area contributed by atoms with E-state index < -0.39 is 9.84 Å². The Morgan fingerprint density at radius 2 is 1.74 bits per heavy atom. The molecule has 3 rings (SSSR count). The summed E-state index contributed by atoms with van der Waals surface area (Å²) in [4.78, 5) is 12.8. The SMILES string of the molecule is CN1CCN(c2ncc(S(=O)(=O)c3ccccc3)c(N)n2)CC1. The lowest BCUT2D eigenvalue weighted by atomic mass is 10.3. The van der Waals surface area contributed by atoms with Gasteiger partial charge in [0, 0.05) is 26.2 Å². The van der Waals surface area contributed by atoms with Gasteiger partial charge in [-0.25, -0.2) is 13.4 Å². The molecule has 0 unspecified atom stereocenters. The van der Waals surface area contributed by atoms with Crippen molar-refractivity contribution in [1.82, 2.24) is 14.9 Å². The van der Waals surface area contributed by atoms with Gasteiger partial charge in [-0.3, -0.25) is 0 Å². The Bertz CT molecular complexity index is 787. The molecule has 1 aromatic carbocycles. The Hall–Kier alpha value is -2.19. The maximum atomic E-state index is 12.6. The molecule has 1 aromatic heterocycles. The van der Waals surface area contributed by atoms with E-state index in [9.17, 15) is 8.42 Å². The van der Waals surface area contributed by atoms with Crippen LogP contribution in [0, 0.1) is 0 Å². The average molecular weight is 333 g/mol. The smallest absolute Gasteiger partial charge is 0.227 e. The number of hydrogen-bond donors (Lipinski definition) is 1. The predicted octanol–water partition coefficient (Wildman–Crippen LogP) is 0.643. The van der Waals surface area contributed by atoms with Gasteiger partial charge < -0.3 is 15.5 Å². The Kier molecular flexibility index (Phi) is 4.18. The third-order valence-electron chi connectivity index (χ3n) is 3.90.